The molecule has 0 spiro atoms. The molecule has 0 saturated heterocycles. The highest BCUT2D eigenvalue weighted by atomic mass is 35.5. The van der Waals surface area contributed by atoms with Crippen molar-refractivity contribution >= 4 is 39.4 Å². The molecule has 31 heavy (non-hydrogen) atoms. The van der Waals surface area contributed by atoms with E-state index in [9.17, 15) is 9.18 Å². The maximum Gasteiger partial charge on any atom is 0.264 e. The molecule has 10 heteroatoms. The van der Waals surface area contributed by atoms with Crippen LogP contribution in [0.4, 0.5) is 10.2 Å². The molecule has 1 atom stereocenters. The Bertz CT molecular complexity index is 1500. The van der Waals surface area contributed by atoms with Crippen molar-refractivity contribution in [2.45, 2.75) is 13.0 Å². The number of H-pyrrole nitrogens is 1. The number of anilines is 1. The Morgan fingerprint density at radius 1 is 1.23 bits per heavy atom. The lowest BCUT2D eigenvalue weighted by Crippen LogP contribution is -2.26. The highest BCUT2D eigenvalue weighted by molar-refractivity contribution is 6.35. The predicted molar refractivity (Wildman–Crippen MR) is 116 cm³/mol. The Kier molecular flexibility index (Phi) is 4.59. The van der Waals surface area contributed by atoms with Crippen LogP contribution in [-0.4, -0.2) is 29.5 Å². The van der Waals surface area contributed by atoms with Gasteiger partial charge >= 0.3 is 0 Å². The highest BCUT2D eigenvalue weighted by Gasteiger charge is 2.21. The first-order valence-corrected chi connectivity index (χ1v) is 9.77. The molecule has 0 unspecified atom stereocenters. The molecule has 1 aromatic carbocycles. The average molecular weight is 436 g/mol. The van der Waals surface area contributed by atoms with Crippen molar-refractivity contribution in [3.63, 3.8) is 0 Å². The molecular formula is C21H15ClFN7O. The molecule has 2 N–H and O–H groups in total. The highest BCUT2D eigenvalue weighted by Crippen LogP contribution is 2.28. The Morgan fingerprint density at radius 2 is 2.10 bits per heavy atom. The number of rotatable bonds is 4. The van der Waals surface area contributed by atoms with Gasteiger partial charge in [-0.2, -0.15) is 0 Å². The second-order valence-electron chi connectivity index (χ2n) is 6.93. The Morgan fingerprint density at radius 3 is 2.94 bits per heavy atom. The van der Waals surface area contributed by atoms with Crippen LogP contribution in [0, 0.1) is 5.82 Å². The van der Waals surface area contributed by atoms with Crippen molar-refractivity contribution in [2.24, 2.45) is 0 Å². The summed E-state index contributed by atoms with van der Waals surface area (Å²) in [6, 6.07) is 7.74. The second kappa shape index (κ2) is 7.44. The molecule has 0 radical (unpaired) electrons. The van der Waals surface area contributed by atoms with Gasteiger partial charge in [0.15, 0.2) is 11.5 Å². The van der Waals surface area contributed by atoms with E-state index in [1.165, 1.54) is 35.7 Å². The number of hydrogen-bond acceptors (Lipinski definition) is 6. The molecule has 154 valence electrons. The molecule has 4 aromatic heterocycles. The largest absolute Gasteiger partial charge is 0.360 e. The third-order valence-electron chi connectivity index (χ3n) is 5.03. The van der Waals surface area contributed by atoms with E-state index < -0.39 is 17.4 Å². The SMILES string of the molecule is C[C@@H](Nc1ncnc2[nH]cnc12)c1cc2cccc(Cl)c2c(=O)n1-c1cnccc1F. The van der Waals surface area contributed by atoms with Gasteiger partial charge in [-0.1, -0.05) is 23.7 Å². The fraction of sp³-hybridized carbons (Fsp3) is 0.0952. The fourth-order valence-corrected chi connectivity index (χ4v) is 3.85. The third-order valence-corrected chi connectivity index (χ3v) is 5.34. The summed E-state index contributed by atoms with van der Waals surface area (Å²) in [6.07, 6.45) is 5.57. The summed E-state index contributed by atoms with van der Waals surface area (Å²) >= 11 is 6.31. The Balaban J connectivity index is 1.74. The van der Waals surface area contributed by atoms with E-state index in [4.69, 9.17) is 11.6 Å². The number of benzene rings is 1. The van der Waals surface area contributed by atoms with Gasteiger partial charge in [0.05, 0.1) is 29.0 Å². The van der Waals surface area contributed by atoms with Crippen molar-refractivity contribution in [2.75, 3.05) is 5.32 Å². The summed E-state index contributed by atoms with van der Waals surface area (Å²) in [6.45, 7) is 1.84. The lowest BCUT2D eigenvalue weighted by Gasteiger charge is -2.21. The normalized spacial score (nSPS) is 12.4. The summed E-state index contributed by atoms with van der Waals surface area (Å²) in [5.41, 5.74) is 1.23. The van der Waals surface area contributed by atoms with Gasteiger partial charge in [0, 0.05) is 11.9 Å². The summed E-state index contributed by atoms with van der Waals surface area (Å²) in [5, 5.41) is 4.50. The van der Waals surface area contributed by atoms with Crippen LogP contribution >= 0.6 is 11.6 Å². The second-order valence-corrected chi connectivity index (χ2v) is 7.34. The molecule has 5 aromatic rings. The van der Waals surface area contributed by atoms with Gasteiger partial charge in [-0.15, -0.1) is 0 Å². The summed E-state index contributed by atoms with van der Waals surface area (Å²) < 4.78 is 16.0. The van der Waals surface area contributed by atoms with E-state index in [1.54, 1.807) is 24.3 Å². The van der Waals surface area contributed by atoms with Crippen molar-refractivity contribution in [1.82, 2.24) is 29.5 Å². The van der Waals surface area contributed by atoms with Crippen LogP contribution in [-0.2, 0) is 0 Å². The number of aromatic amines is 1. The summed E-state index contributed by atoms with van der Waals surface area (Å²) in [4.78, 5) is 33.0. The van der Waals surface area contributed by atoms with Crippen LogP contribution in [0.25, 0.3) is 27.6 Å². The molecule has 0 saturated carbocycles. The van der Waals surface area contributed by atoms with Crippen LogP contribution < -0.4 is 10.9 Å². The van der Waals surface area contributed by atoms with Crippen LogP contribution in [0.15, 0.2) is 60.2 Å². The monoisotopic (exact) mass is 435 g/mol. The number of nitrogens with one attached hydrogen (secondary N) is 2. The van der Waals surface area contributed by atoms with Gasteiger partial charge in [-0.3, -0.25) is 14.3 Å². The first-order chi connectivity index (χ1) is 15.0. The molecule has 8 nitrogen and oxygen atoms in total. The predicted octanol–water partition coefficient (Wildman–Crippen LogP) is 4.02. The van der Waals surface area contributed by atoms with Gasteiger partial charge in [0.1, 0.15) is 23.3 Å². The first kappa shape index (κ1) is 19.1. The zero-order valence-electron chi connectivity index (χ0n) is 16.2. The lowest BCUT2D eigenvalue weighted by molar-refractivity contribution is 0.608. The number of pyridine rings is 2. The molecule has 0 amide bonds. The number of nitrogens with zero attached hydrogens (tertiary/aromatic N) is 5. The minimum atomic E-state index is -0.575. The topological polar surface area (TPSA) is 101 Å². The van der Waals surface area contributed by atoms with Crippen LogP contribution in [0.3, 0.4) is 0 Å². The van der Waals surface area contributed by atoms with E-state index in [2.05, 4.69) is 30.2 Å². The lowest BCUT2D eigenvalue weighted by atomic mass is 10.1. The van der Waals surface area contributed by atoms with Crippen molar-refractivity contribution in [3.05, 3.63) is 82.3 Å². The van der Waals surface area contributed by atoms with E-state index in [1.807, 2.05) is 6.92 Å². The van der Waals surface area contributed by atoms with Crippen molar-refractivity contribution in [3.8, 4) is 5.69 Å². The van der Waals surface area contributed by atoms with Crippen molar-refractivity contribution < 1.29 is 4.39 Å². The molecule has 0 aliphatic carbocycles. The maximum atomic E-state index is 14.7. The number of aromatic nitrogens is 6. The van der Waals surface area contributed by atoms with E-state index in [0.29, 0.717) is 38.5 Å². The molecule has 0 fully saturated rings. The van der Waals surface area contributed by atoms with Gasteiger partial charge in [-0.25, -0.2) is 19.3 Å². The van der Waals surface area contributed by atoms with Gasteiger partial charge in [0.2, 0.25) is 0 Å². The molecule has 5 rings (SSSR count). The average Bonchev–Trinajstić information content (AvgIpc) is 3.24. The Labute approximate surface area is 179 Å². The molecular weight excluding hydrogens is 421 g/mol. The number of halogens is 2. The standard InChI is InChI=1S/C21H15ClFN7O/c1-11(29-20-18-19(26-9-25-18)27-10-28-20)15-7-12-3-2-4-13(22)17(12)21(31)30(15)16-8-24-6-5-14(16)23/h2-11H,1H3,(H2,25,26,27,28,29)/t11-/m1/s1. The van der Waals surface area contributed by atoms with E-state index in [-0.39, 0.29) is 5.69 Å². The molecule has 0 aliphatic rings. The van der Waals surface area contributed by atoms with Crippen LogP contribution in [0.5, 0.6) is 0 Å². The minimum absolute atomic E-state index is 0.0329. The zero-order chi connectivity index (χ0) is 21.5. The smallest absolute Gasteiger partial charge is 0.264 e. The van der Waals surface area contributed by atoms with Crippen LogP contribution in [0.1, 0.15) is 18.7 Å². The van der Waals surface area contributed by atoms with Crippen molar-refractivity contribution in [1.29, 1.82) is 0 Å². The number of hydrogen-bond donors (Lipinski definition) is 2. The summed E-state index contributed by atoms with van der Waals surface area (Å²) in [5.74, 6) is -0.0933. The van der Waals surface area contributed by atoms with Gasteiger partial charge in [-0.05, 0) is 30.5 Å². The zero-order valence-corrected chi connectivity index (χ0v) is 16.9. The third kappa shape index (κ3) is 3.19. The first-order valence-electron chi connectivity index (χ1n) is 9.39. The van der Waals surface area contributed by atoms with Gasteiger partial charge < -0.3 is 10.3 Å². The van der Waals surface area contributed by atoms with Gasteiger partial charge in [0.25, 0.3) is 5.56 Å². The minimum Gasteiger partial charge on any atom is -0.360 e. The summed E-state index contributed by atoms with van der Waals surface area (Å²) in [7, 11) is 0. The van der Waals surface area contributed by atoms with E-state index in [0.717, 1.165) is 0 Å². The van der Waals surface area contributed by atoms with Crippen LogP contribution in [0.2, 0.25) is 5.02 Å². The fourth-order valence-electron chi connectivity index (χ4n) is 3.59. The molecule has 0 bridgehead atoms. The quantitative estimate of drug-likeness (QED) is 0.442. The number of fused-ring (bicyclic) bond motifs is 2. The van der Waals surface area contributed by atoms with E-state index >= 15 is 0 Å². The maximum absolute atomic E-state index is 14.7. The number of imidazole rings is 1. The molecule has 0 aliphatic heterocycles. The molecule has 4 heterocycles. The Hall–Kier alpha value is -3.85.